The summed E-state index contributed by atoms with van der Waals surface area (Å²) in [5.74, 6) is 0. The minimum atomic E-state index is -0.120. The number of hydrogen-bond donors (Lipinski definition) is 2. The number of aryl methyl sites for hydroxylation is 1. The molecule has 2 aromatic rings. The van der Waals surface area contributed by atoms with Gasteiger partial charge in [0.1, 0.15) is 5.01 Å². The number of rotatable bonds is 4. The molecule has 1 aromatic heterocycles. The van der Waals surface area contributed by atoms with E-state index in [9.17, 15) is 4.79 Å². The Morgan fingerprint density at radius 3 is 2.87 bits per heavy atom. The molecule has 1 saturated heterocycles. The monoisotopic (exact) mass is 330 g/mol. The molecule has 2 amide bonds. The first kappa shape index (κ1) is 15.8. The van der Waals surface area contributed by atoms with Crippen molar-refractivity contribution in [3.05, 3.63) is 46.4 Å². The average molecular weight is 330 g/mol. The van der Waals surface area contributed by atoms with Gasteiger partial charge in [-0.1, -0.05) is 18.2 Å². The largest absolute Gasteiger partial charge is 0.369 e. The first-order valence-corrected chi connectivity index (χ1v) is 8.79. The normalized spacial score (nSPS) is 18.7. The molecule has 2 heterocycles. The van der Waals surface area contributed by atoms with Crippen molar-refractivity contribution in [2.75, 3.05) is 18.0 Å². The number of amides is 2. The van der Waals surface area contributed by atoms with Crippen LogP contribution in [0.4, 0.5) is 10.5 Å². The van der Waals surface area contributed by atoms with Crippen LogP contribution in [-0.4, -0.2) is 30.1 Å². The second-order valence-electron chi connectivity index (χ2n) is 5.93. The molecule has 5 nitrogen and oxygen atoms in total. The van der Waals surface area contributed by atoms with Gasteiger partial charge in [-0.05, 0) is 32.4 Å². The quantitative estimate of drug-likeness (QED) is 0.906. The summed E-state index contributed by atoms with van der Waals surface area (Å²) in [4.78, 5) is 18.9. The van der Waals surface area contributed by atoms with Crippen LogP contribution in [0.1, 0.15) is 30.1 Å². The summed E-state index contributed by atoms with van der Waals surface area (Å²) >= 11 is 1.58. The van der Waals surface area contributed by atoms with Crippen LogP contribution in [0.15, 0.2) is 35.7 Å². The van der Waals surface area contributed by atoms with Crippen molar-refractivity contribution in [3.63, 3.8) is 0 Å². The lowest BCUT2D eigenvalue weighted by Gasteiger charge is -2.19. The minimum Gasteiger partial charge on any atom is -0.369 e. The molecular weight excluding hydrogens is 308 g/mol. The Morgan fingerprint density at radius 1 is 1.39 bits per heavy atom. The van der Waals surface area contributed by atoms with Gasteiger partial charge in [0.05, 0.1) is 6.04 Å². The van der Waals surface area contributed by atoms with E-state index in [0.717, 1.165) is 30.2 Å². The number of nitrogens with one attached hydrogen (secondary N) is 2. The first-order chi connectivity index (χ1) is 11.1. The standard InChI is InChI=1S/C17H22N4OS/c1-12-11-23-16(18-12)13(2)19-17(22)20-14-8-9-21(10-14)15-6-4-3-5-7-15/h3-7,11,13-14H,8-10H2,1-2H3,(H2,19,20,22)/t13-,14+/m0/s1. The van der Waals surface area contributed by atoms with Gasteiger partial charge in [-0.3, -0.25) is 0 Å². The topological polar surface area (TPSA) is 57.3 Å². The van der Waals surface area contributed by atoms with E-state index >= 15 is 0 Å². The number of nitrogens with zero attached hydrogens (tertiary/aromatic N) is 2. The van der Waals surface area contributed by atoms with Gasteiger partial charge in [-0.2, -0.15) is 0 Å². The maximum absolute atomic E-state index is 12.2. The van der Waals surface area contributed by atoms with Crippen LogP contribution in [0.25, 0.3) is 0 Å². The number of carbonyl (C=O) groups is 1. The lowest BCUT2D eigenvalue weighted by molar-refractivity contribution is 0.235. The van der Waals surface area contributed by atoms with Crippen LogP contribution >= 0.6 is 11.3 Å². The predicted molar refractivity (Wildman–Crippen MR) is 94.0 cm³/mol. The Kier molecular flexibility index (Phi) is 4.81. The van der Waals surface area contributed by atoms with E-state index in [1.807, 2.05) is 37.4 Å². The highest BCUT2D eigenvalue weighted by molar-refractivity contribution is 7.09. The Morgan fingerprint density at radius 2 is 2.17 bits per heavy atom. The SMILES string of the molecule is Cc1csc([C@H](C)NC(=O)N[C@@H]2CCN(c3ccccc3)C2)n1. The van der Waals surface area contributed by atoms with Crippen molar-refractivity contribution in [2.45, 2.75) is 32.4 Å². The van der Waals surface area contributed by atoms with Gasteiger partial charge in [-0.15, -0.1) is 11.3 Å². The molecule has 0 spiro atoms. The summed E-state index contributed by atoms with van der Waals surface area (Å²) in [6.45, 7) is 5.74. The van der Waals surface area contributed by atoms with E-state index in [-0.39, 0.29) is 18.1 Å². The molecular formula is C17H22N4OS. The molecule has 1 fully saturated rings. The van der Waals surface area contributed by atoms with Crippen LogP contribution in [0.5, 0.6) is 0 Å². The number of urea groups is 1. The van der Waals surface area contributed by atoms with Crippen molar-refractivity contribution in [1.82, 2.24) is 15.6 Å². The van der Waals surface area contributed by atoms with Gasteiger partial charge in [-0.25, -0.2) is 9.78 Å². The maximum Gasteiger partial charge on any atom is 0.315 e. The first-order valence-electron chi connectivity index (χ1n) is 7.91. The summed E-state index contributed by atoms with van der Waals surface area (Å²) in [5.41, 5.74) is 2.21. The Labute approximate surface area is 140 Å². The highest BCUT2D eigenvalue weighted by Crippen LogP contribution is 2.20. The summed E-state index contributed by atoms with van der Waals surface area (Å²) in [7, 11) is 0. The molecule has 1 aromatic carbocycles. The zero-order valence-corrected chi connectivity index (χ0v) is 14.3. The molecule has 1 aliphatic heterocycles. The zero-order valence-electron chi connectivity index (χ0n) is 13.5. The van der Waals surface area contributed by atoms with Gasteiger partial charge >= 0.3 is 6.03 Å². The lowest BCUT2D eigenvalue weighted by Crippen LogP contribution is -2.44. The van der Waals surface area contributed by atoms with Crippen molar-refractivity contribution in [1.29, 1.82) is 0 Å². The highest BCUT2D eigenvalue weighted by atomic mass is 32.1. The van der Waals surface area contributed by atoms with E-state index in [1.165, 1.54) is 5.69 Å². The number of carbonyl (C=O) groups excluding carboxylic acids is 1. The predicted octanol–water partition coefficient (Wildman–Crippen LogP) is 3.09. The van der Waals surface area contributed by atoms with Gasteiger partial charge in [0, 0.05) is 35.9 Å². The molecule has 2 atom stereocenters. The number of aromatic nitrogens is 1. The van der Waals surface area contributed by atoms with E-state index in [2.05, 4.69) is 32.7 Å². The van der Waals surface area contributed by atoms with E-state index in [1.54, 1.807) is 11.3 Å². The van der Waals surface area contributed by atoms with Crippen molar-refractivity contribution in [2.24, 2.45) is 0 Å². The number of benzene rings is 1. The fourth-order valence-electron chi connectivity index (χ4n) is 2.81. The van der Waals surface area contributed by atoms with E-state index < -0.39 is 0 Å². The molecule has 0 bridgehead atoms. The number of thiazole rings is 1. The molecule has 23 heavy (non-hydrogen) atoms. The fraction of sp³-hybridized carbons (Fsp3) is 0.412. The molecule has 6 heteroatoms. The molecule has 0 unspecified atom stereocenters. The smallest absolute Gasteiger partial charge is 0.315 e. The Bertz CT molecular complexity index is 658. The zero-order chi connectivity index (χ0) is 16.2. The summed E-state index contributed by atoms with van der Waals surface area (Å²) < 4.78 is 0. The molecule has 2 N–H and O–H groups in total. The summed E-state index contributed by atoms with van der Waals surface area (Å²) in [5, 5.41) is 8.98. The van der Waals surface area contributed by atoms with Crippen LogP contribution in [0.3, 0.4) is 0 Å². The second-order valence-corrected chi connectivity index (χ2v) is 6.82. The molecule has 3 rings (SSSR count). The average Bonchev–Trinajstić information content (AvgIpc) is 3.17. The summed E-state index contributed by atoms with van der Waals surface area (Å²) in [6, 6.07) is 10.3. The minimum absolute atomic E-state index is 0.0691. The highest BCUT2D eigenvalue weighted by Gasteiger charge is 2.24. The van der Waals surface area contributed by atoms with E-state index in [0.29, 0.717) is 0 Å². The second kappa shape index (κ2) is 7.00. The van der Waals surface area contributed by atoms with E-state index in [4.69, 9.17) is 0 Å². The van der Waals surface area contributed by atoms with Crippen molar-refractivity contribution >= 4 is 23.1 Å². The van der Waals surface area contributed by atoms with Gasteiger partial charge in [0.2, 0.25) is 0 Å². The molecule has 0 radical (unpaired) electrons. The Balaban J connectivity index is 1.49. The Hall–Kier alpha value is -2.08. The van der Waals surface area contributed by atoms with Crippen LogP contribution in [0, 0.1) is 6.92 Å². The summed E-state index contributed by atoms with van der Waals surface area (Å²) in [6.07, 6.45) is 0.965. The van der Waals surface area contributed by atoms with Gasteiger partial charge in [0.15, 0.2) is 0 Å². The lowest BCUT2D eigenvalue weighted by atomic mass is 10.2. The van der Waals surface area contributed by atoms with Gasteiger partial charge in [0.25, 0.3) is 0 Å². The number of hydrogen-bond acceptors (Lipinski definition) is 4. The van der Waals surface area contributed by atoms with Crippen molar-refractivity contribution < 1.29 is 4.79 Å². The molecule has 1 aliphatic rings. The van der Waals surface area contributed by atoms with Crippen LogP contribution in [-0.2, 0) is 0 Å². The molecule has 122 valence electrons. The van der Waals surface area contributed by atoms with Gasteiger partial charge < -0.3 is 15.5 Å². The van der Waals surface area contributed by atoms with Crippen LogP contribution in [0.2, 0.25) is 0 Å². The molecule has 0 aliphatic carbocycles. The number of anilines is 1. The maximum atomic E-state index is 12.2. The fourth-order valence-corrected chi connectivity index (χ4v) is 3.61. The van der Waals surface area contributed by atoms with Crippen molar-refractivity contribution in [3.8, 4) is 0 Å². The third kappa shape index (κ3) is 4.01. The third-order valence-electron chi connectivity index (χ3n) is 4.00. The third-order valence-corrected chi connectivity index (χ3v) is 5.14. The number of para-hydroxylation sites is 1. The van der Waals surface area contributed by atoms with Crippen LogP contribution < -0.4 is 15.5 Å². The molecule has 0 saturated carbocycles.